The number of hydrogen-bond acceptors (Lipinski definition) is 8. The van der Waals surface area contributed by atoms with Gasteiger partial charge in [0.2, 0.25) is 5.91 Å². The Bertz CT molecular complexity index is 1160. The van der Waals surface area contributed by atoms with Crippen LogP contribution in [0.25, 0.3) is 0 Å². The van der Waals surface area contributed by atoms with Gasteiger partial charge in [-0.15, -0.1) is 0 Å². The lowest BCUT2D eigenvalue weighted by atomic mass is 9.88. The Hall–Kier alpha value is -4.23. The molecule has 2 unspecified atom stereocenters. The van der Waals surface area contributed by atoms with Crippen molar-refractivity contribution in [3.63, 3.8) is 0 Å². The number of ketones is 1. The summed E-state index contributed by atoms with van der Waals surface area (Å²) in [5.74, 6) is -1.09. The lowest BCUT2D eigenvalue weighted by Gasteiger charge is -2.39. The molecule has 2 rings (SSSR count). The average molecular weight is 496 g/mol. The summed E-state index contributed by atoms with van der Waals surface area (Å²) in [6.07, 6.45) is 5.67. The number of amides is 1. The Balaban J connectivity index is 2.67. The van der Waals surface area contributed by atoms with E-state index >= 15 is 0 Å². The average Bonchev–Trinajstić information content (AvgIpc) is 2.89. The summed E-state index contributed by atoms with van der Waals surface area (Å²) < 4.78 is 15.1. The second-order valence-electron chi connectivity index (χ2n) is 8.17. The molecule has 0 bridgehead atoms. The molecule has 9 heteroatoms. The Morgan fingerprint density at radius 2 is 1.75 bits per heavy atom. The first-order valence-electron chi connectivity index (χ1n) is 11.0. The van der Waals surface area contributed by atoms with Gasteiger partial charge in [-0.2, -0.15) is 0 Å². The van der Waals surface area contributed by atoms with Crippen molar-refractivity contribution in [2.24, 2.45) is 5.92 Å². The molecule has 36 heavy (non-hydrogen) atoms. The maximum Gasteiger partial charge on any atom is 0.336 e. The number of Topliss-reactive ketones (excluding diaryl/α,β-unsaturated/α-hetero) is 1. The number of methoxy groups -OCH3 is 3. The summed E-state index contributed by atoms with van der Waals surface area (Å²) >= 11 is 0. The molecular formula is C27H29NO8. The molecule has 1 amide bonds. The fraction of sp³-hybridized carbons (Fsp3) is 0.333. The van der Waals surface area contributed by atoms with Crippen LogP contribution in [0.5, 0.6) is 0 Å². The number of esters is 2. The van der Waals surface area contributed by atoms with Gasteiger partial charge in [0.05, 0.1) is 45.4 Å². The third kappa shape index (κ3) is 6.25. The summed E-state index contributed by atoms with van der Waals surface area (Å²) in [5, 5.41) is 0. The van der Waals surface area contributed by atoms with Crippen molar-refractivity contribution >= 4 is 29.6 Å². The van der Waals surface area contributed by atoms with E-state index in [0.29, 0.717) is 11.3 Å². The number of nitrogens with zero attached hydrogens (tertiary/aromatic N) is 1. The SMILES string of the molecule is COC(=O)/C(=C/C1C=CC(OC)=CC1=C=O)CN(C(=O)CC(C)=O)C(C)(C(=O)OC)c1ccccc1. The fourth-order valence-electron chi connectivity index (χ4n) is 3.82. The van der Waals surface area contributed by atoms with E-state index in [0.717, 1.165) is 4.90 Å². The maximum atomic E-state index is 13.3. The molecule has 2 atom stereocenters. The van der Waals surface area contributed by atoms with E-state index in [4.69, 9.17) is 14.2 Å². The number of rotatable bonds is 10. The van der Waals surface area contributed by atoms with E-state index in [9.17, 15) is 24.0 Å². The third-order valence-electron chi connectivity index (χ3n) is 5.79. The number of carbonyl (C=O) groups excluding carboxylic acids is 5. The maximum absolute atomic E-state index is 13.3. The molecule has 0 aromatic heterocycles. The van der Waals surface area contributed by atoms with Crippen molar-refractivity contribution in [3.8, 4) is 0 Å². The van der Waals surface area contributed by atoms with E-state index in [2.05, 4.69) is 0 Å². The van der Waals surface area contributed by atoms with E-state index in [1.54, 1.807) is 42.5 Å². The van der Waals surface area contributed by atoms with Crippen LogP contribution in [-0.2, 0) is 43.7 Å². The highest BCUT2D eigenvalue weighted by atomic mass is 16.5. The molecule has 190 valence electrons. The summed E-state index contributed by atoms with van der Waals surface area (Å²) in [4.78, 5) is 63.8. The Morgan fingerprint density at radius 1 is 1.08 bits per heavy atom. The summed E-state index contributed by atoms with van der Waals surface area (Å²) in [5.41, 5.74) is -1.10. The monoisotopic (exact) mass is 495 g/mol. The molecule has 0 fully saturated rings. The Morgan fingerprint density at radius 3 is 2.28 bits per heavy atom. The highest BCUT2D eigenvalue weighted by molar-refractivity contribution is 6.00. The van der Waals surface area contributed by atoms with Gasteiger partial charge >= 0.3 is 11.9 Å². The van der Waals surface area contributed by atoms with Crippen LogP contribution in [0, 0.1) is 5.92 Å². The van der Waals surface area contributed by atoms with Gasteiger partial charge in [0.25, 0.3) is 0 Å². The Labute approximate surface area is 209 Å². The molecule has 0 aliphatic heterocycles. The third-order valence-corrected chi connectivity index (χ3v) is 5.79. The number of benzene rings is 1. The van der Waals surface area contributed by atoms with E-state index in [-0.39, 0.29) is 11.1 Å². The molecule has 0 N–H and O–H groups in total. The van der Waals surface area contributed by atoms with E-state index in [1.807, 2.05) is 5.94 Å². The summed E-state index contributed by atoms with van der Waals surface area (Å²) in [6.45, 7) is 2.32. The summed E-state index contributed by atoms with van der Waals surface area (Å²) in [6, 6.07) is 8.40. The number of carbonyl (C=O) groups is 4. The topological polar surface area (TPSA) is 116 Å². The quantitative estimate of drug-likeness (QED) is 0.210. The highest BCUT2D eigenvalue weighted by Gasteiger charge is 2.46. The van der Waals surface area contributed by atoms with Crippen LogP contribution in [0.3, 0.4) is 0 Å². The molecule has 9 nitrogen and oxygen atoms in total. The molecule has 1 aromatic carbocycles. The van der Waals surface area contributed by atoms with E-state index < -0.39 is 48.1 Å². The minimum atomic E-state index is -1.69. The fourth-order valence-corrected chi connectivity index (χ4v) is 3.82. The van der Waals surface area contributed by atoms with Crippen molar-refractivity contribution in [2.75, 3.05) is 27.9 Å². The van der Waals surface area contributed by atoms with Gasteiger partial charge in [-0.25, -0.2) is 14.4 Å². The molecule has 1 aliphatic rings. The molecule has 1 aliphatic carbocycles. The second kappa shape index (κ2) is 12.5. The Kier molecular flexibility index (Phi) is 9.70. The van der Waals surface area contributed by atoms with Gasteiger partial charge in [0.15, 0.2) is 5.54 Å². The second-order valence-corrected chi connectivity index (χ2v) is 8.17. The highest BCUT2D eigenvalue weighted by Crippen LogP contribution is 2.32. The van der Waals surface area contributed by atoms with E-state index in [1.165, 1.54) is 47.3 Å². The minimum absolute atomic E-state index is 0.0165. The summed E-state index contributed by atoms with van der Waals surface area (Å²) in [7, 11) is 3.80. The van der Waals surface area contributed by atoms with Crippen LogP contribution in [0.15, 0.2) is 71.5 Å². The van der Waals surface area contributed by atoms with Crippen molar-refractivity contribution in [1.29, 1.82) is 0 Å². The molecule has 0 saturated heterocycles. The molecule has 0 radical (unpaired) electrons. The van der Waals surface area contributed by atoms with Crippen LogP contribution in [0.2, 0.25) is 0 Å². The minimum Gasteiger partial charge on any atom is -0.497 e. The number of ether oxygens (including phenoxy) is 3. The van der Waals surface area contributed by atoms with Gasteiger partial charge < -0.3 is 19.1 Å². The van der Waals surface area contributed by atoms with Crippen molar-refractivity contribution in [3.05, 3.63) is 77.1 Å². The zero-order valence-corrected chi connectivity index (χ0v) is 20.9. The zero-order valence-electron chi connectivity index (χ0n) is 20.9. The van der Waals surface area contributed by atoms with Crippen LogP contribution in [0.1, 0.15) is 25.8 Å². The first kappa shape index (κ1) is 28.0. The molecule has 1 aromatic rings. The van der Waals surface area contributed by atoms with Gasteiger partial charge in [-0.05, 0) is 31.6 Å². The van der Waals surface area contributed by atoms with Crippen LogP contribution >= 0.6 is 0 Å². The molecular weight excluding hydrogens is 466 g/mol. The zero-order chi connectivity index (χ0) is 26.9. The lowest BCUT2D eigenvalue weighted by Crippen LogP contribution is -2.54. The van der Waals surface area contributed by atoms with Crippen molar-refractivity contribution < 1.29 is 38.2 Å². The van der Waals surface area contributed by atoms with Gasteiger partial charge in [-0.3, -0.25) is 9.59 Å². The predicted octanol–water partition coefficient (Wildman–Crippen LogP) is 2.46. The first-order valence-corrected chi connectivity index (χ1v) is 11.0. The molecule has 0 heterocycles. The van der Waals surface area contributed by atoms with Crippen LogP contribution in [-0.4, -0.2) is 62.3 Å². The standard InChI is InChI=1S/C27H29NO8/c1-18(30)13-24(31)28(27(2,26(33)36-5)22-9-7-6-8-10-22)16-20(25(32)35-4)14-19-11-12-23(34-3)15-21(19)17-29/h6-12,14-15,19H,13,16H2,1-5H3/b20-14+. The van der Waals surface area contributed by atoms with Crippen molar-refractivity contribution in [2.45, 2.75) is 25.8 Å². The first-order chi connectivity index (χ1) is 17.1. The number of allylic oxidation sites excluding steroid dienone is 5. The van der Waals surface area contributed by atoms with Crippen molar-refractivity contribution in [1.82, 2.24) is 4.90 Å². The van der Waals surface area contributed by atoms with Gasteiger partial charge in [0.1, 0.15) is 17.5 Å². The van der Waals surface area contributed by atoms with Gasteiger partial charge in [0, 0.05) is 5.92 Å². The predicted molar refractivity (Wildman–Crippen MR) is 130 cm³/mol. The lowest BCUT2D eigenvalue weighted by molar-refractivity contribution is -0.162. The normalized spacial score (nSPS) is 16.7. The van der Waals surface area contributed by atoms with Crippen LogP contribution < -0.4 is 0 Å². The van der Waals surface area contributed by atoms with Gasteiger partial charge in [-0.1, -0.05) is 42.5 Å². The van der Waals surface area contributed by atoms with Crippen LogP contribution in [0.4, 0.5) is 0 Å². The number of hydrogen-bond donors (Lipinski definition) is 0. The smallest absolute Gasteiger partial charge is 0.336 e. The molecule has 0 spiro atoms. The largest absolute Gasteiger partial charge is 0.497 e. The molecule has 0 saturated carbocycles.